The van der Waals surface area contributed by atoms with Gasteiger partial charge in [0.2, 0.25) is 0 Å². The molecule has 1 rings (SSSR count). The molecule has 2 nitrogen and oxygen atoms in total. The van der Waals surface area contributed by atoms with E-state index in [9.17, 15) is 4.79 Å². The second-order valence-electron chi connectivity index (χ2n) is 1.59. The van der Waals surface area contributed by atoms with Gasteiger partial charge in [0.15, 0.2) is 0 Å². The lowest BCUT2D eigenvalue weighted by atomic mass is 10.5. The molecule has 1 heterocycles. The number of thioether (sulfide) groups is 1. The van der Waals surface area contributed by atoms with Gasteiger partial charge in [0, 0.05) is 6.20 Å². The lowest BCUT2D eigenvalue weighted by Crippen LogP contribution is -2.19. The molecule has 0 N–H and O–H groups in total. The molecule has 1 aliphatic heterocycles. The van der Waals surface area contributed by atoms with Crippen molar-refractivity contribution in [1.29, 1.82) is 0 Å². The summed E-state index contributed by atoms with van der Waals surface area (Å²) in [4.78, 5) is 12.4. The second kappa shape index (κ2) is 2.73. The Kier molecular flexibility index (Phi) is 1.95. The Bertz CT molecular complexity index is 164. The Hall–Kier alpha value is -0.700. The van der Waals surface area contributed by atoms with Crippen LogP contribution in [0.4, 0.5) is 0 Å². The molecule has 0 saturated heterocycles. The number of hydrogen-bond acceptors (Lipinski definition) is 2. The van der Waals surface area contributed by atoms with Crippen LogP contribution in [0.15, 0.2) is 24.3 Å². The zero-order valence-corrected chi connectivity index (χ0v) is 5.73. The van der Waals surface area contributed by atoms with Crippen molar-refractivity contribution in [3.8, 4) is 0 Å². The third-order valence-electron chi connectivity index (χ3n) is 1.01. The number of nitrogens with zero attached hydrogens (tertiary/aromatic N) is 1. The zero-order chi connectivity index (χ0) is 6.69. The third kappa shape index (κ3) is 1.36. The van der Waals surface area contributed by atoms with Crippen LogP contribution >= 0.6 is 11.8 Å². The van der Waals surface area contributed by atoms with Crippen LogP contribution in [0.3, 0.4) is 0 Å². The SMILES string of the molecule is C=CC(=O)N1C=CSC1. The molecule has 0 bridgehead atoms. The molecule has 3 heteroatoms. The highest BCUT2D eigenvalue weighted by Crippen LogP contribution is 2.14. The fraction of sp³-hybridized carbons (Fsp3) is 0.167. The summed E-state index contributed by atoms with van der Waals surface area (Å²) in [7, 11) is 0. The van der Waals surface area contributed by atoms with Crippen molar-refractivity contribution in [3.05, 3.63) is 24.3 Å². The Morgan fingerprint density at radius 2 is 2.67 bits per heavy atom. The summed E-state index contributed by atoms with van der Waals surface area (Å²) in [5.74, 6) is 0.696. The van der Waals surface area contributed by atoms with Gasteiger partial charge in [-0.25, -0.2) is 0 Å². The molecule has 1 amide bonds. The Morgan fingerprint density at radius 1 is 1.89 bits per heavy atom. The van der Waals surface area contributed by atoms with E-state index in [0.29, 0.717) is 0 Å². The summed E-state index contributed by atoms with van der Waals surface area (Å²) < 4.78 is 0. The van der Waals surface area contributed by atoms with E-state index in [-0.39, 0.29) is 5.91 Å². The van der Waals surface area contributed by atoms with Gasteiger partial charge in [0.05, 0.1) is 5.88 Å². The van der Waals surface area contributed by atoms with Crippen molar-refractivity contribution in [3.63, 3.8) is 0 Å². The predicted octanol–water partition coefficient (Wildman–Crippen LogP) is 1.18. The minimum atomic E-state index is -0.0312. The van der Waals surface area contributed by atoms with Crippen LogP contribution in [0.1, 0.15) is 0 Å². The predicted molar refractivity (Wildman–Crippen MR) is 38.6 cm³/mol. The molecular weight excluding hydrogens is 134 g/mol. The molecule has 9 heavy (non-hydrogen) atoms. The molecule has 0 radical (unpaired) electrons. The third-order valence-corrected chi connectivity index (χ3v) is 1.75. The van der Waals surface area contributed by atoms with Crippen molar-refractivity contribution in [2.75, 3.05) is 5.88 Å². The van der Waals surface area contributed by atoms with Crippen molar-refractivity contribution >= 4 is 17.7 Å². The lowest BCUT2D eigenvalue weighted by molar-refractivity contribution is -0.122. The number of rotatable bonds is 1. The molecular formula is C6H7NOS. The highest BCUT2D eigenvalue weighted by Gasteiger charge is 2.08. The van der Waals surface area contributed by atoms with E-state index in [1.54, 1.807) is 22.9 Å². The van der Waals surface area contributed by atoms with Crippen LogP contribution in [-0.4, -0.2) is 16.7 Å². The minimum absolute atomic E-state index is 0.0312. The summed E-state index contributed by atoms with van der Waals surface area (Å²) in [6, 6.07) is 0. The van der Waals surface area contributed by atoms with Crippen LogP contribution in [0.2, 0.25) is 0 Å². The molecule has 0 unspecified atom stereocenters. The maximum atomic E-state index is 10.8. The van der Waals surface area contributed by atoms with Gasteiger partial charge in [0.25, 0.3) is 5.91 Å². The molecule has 1 aliphatic rings. The van der Waals surface area contributed by atoms with Gasteiger partial charge < -0.3 is 4.90 Å². The van der Waals surface area contributed by atoms with Gasteiger partial charge in [-0.2, -0.15) is 0 Å². The Balaban J connectivity index is 2.52. The molecule has 0 atom stereocenters. The highest BCUT2D eigenvalue weighted by atomic mass is 32.2. The zero-order valence-electron chi connectivity index (χ0n) is 4.91. The normalized spacial score (nSPS) is 16.2. The van der Waals surface area contributed by atoms with Crippen molar-refractivity contribution in [2.24, 2.45) is 0 Å². The summed E-state index contributed by atoms with van der Waals surface area (Å²) >= 11 is 1.60. The van der Waals surface area contributed by atoms with E-state index >= 15 is 0 Å². The molecule has 0 aromatic rings. The fourth-order valence-corrected chi connectivity index (χ4v) is 1.23. The van der Waals surface area contributed by atoms with Gasteiger partial charge in [-0.3, -0.25) is 4.79 Å². The van der Waals surface area contributed by atoms with E-state index < -0.39 is 0 Å². The monoisotopic (exact) mass is 141 g/mol. The summed E-state index contributed by atoms with van der Waals surface area (Å²) in [6.07, 6.45) is 3.07. The van der Waals surface area contributed by atoms with Crippen LogP contribution in [0, 0.1) is 0 Å². The van der Waals surface area contributed by atoms with Gasteiger partial charge in [-0.1, -0.05) is 6.58 Å². The first-order valence-electron chi connectivity index (χ1n) is 2.56. The van der Waals surface area contributed by atoms with E-state index in [1.807, 2.05) is 5.41 Å². The summed E-state index contributed by atoms with van der Waals surface area (Å²) in [6.45, 7) is 3.37. The quantitative estimate of drug-likeness (QED) is 0.511. The van der Waals surface area contributed by atoms with Gasteiger partial charge in [-0.05, 0) is 11.5 Å². The van der Waals surface area contributed by atoms with E-state index in [1.165, 1.54) is 6.08 Å². The van der Waals surface area contributed by atoms with Crippen LogP contribution in [0.5, 0.6) is 0 Å². The van der Waals surface area contributed by atoms with E-state index in [0.717, 1.165) is 5.88 Å². The van der Waals surface area contributed by atoms with Gasteiger partial charge in [-0.15, -0.1) is 11.8 Å². The second-order valence-corrected chi connectivity index (χ2v) is 2.46. The fourth-order valence-electron chi connectivity index (χ4n) is 0.537. The first-order chi connectivity index (χ1) is 4.34. The smallest absolute Gasteiger partial charge is 0.250 e. The number of hydrogen-bond donors (Lipinski definition) is 0. The summed E-state index contributed by atoms with van der Waals surface area (Å²) in [5.41, 5.74) is 0. The maximum Gasteiger partial charge on any atom is 0.250 e. The average Bonchev–Trinajstić information content (AvgIpc) is 2.37. The topological polar surface area (TPSA) is 20.3 Å². The largest absolute Gasteiger partial charge is 0.305 e. The molecule has 0 aromatic carbocycles. The minimum Gasteiger partial charge on any atom is -0.305 e. The van der Waals surface area contributed by atoms with Gasteiger partial charge >= 0.3 is 0 Å². The van der Waals surface area contributed by atoms with Crippen LogP contribution < -0.4 is 0 Å². The van der Waals surface area contributed by atoms with E-state index in [4.69, 9.17) is 0 Å². The van der Waals surface area contributed by atoms with Crippen LogP contribution in [0.25, 0.3) is 0 Å². The molecule has 0 aliphatic carbocycles. The molecule has 48 valence electrons. The Labute approximate surface area is 58.2 Å². The molecule has 0 spiro atoms. The first kappa shape index (κ1) is 6.42. The molecule has 0 saturated carbocycles. The number of carbonyl (C=O) groups excluding carboxylic acids is 1. The molecule has 0 fully saturated rings. The Morgan fingerprint density at radius 3 is 3.11 bits per heavy atom. The van der Waals surface area contributed by atoms with Crippen molar-refractivity contribution in [2.45, 2.75) is 0 Å². The number of amides is 1. The lowest BCUT2D eigenvalue weighted by Gasteiger charge is -2.07. The summed E-state index contributed by atoms with van der Waals surface area (Å²) in [5, 5.41) is 1.89. The van der Waals surface area contributed by atoms with Gasteiger partial charge in [0.1, 0.15) is 0 Å². The highest BCUT2D eigenvalue weighted by molar-refractivity contribution is 8.02. The standard InChI is InChI=1S/C6H7NOS/c1-2-6(8)7-3-4-9-5-7/h2-4H,1,5H2. The van der Waals surface area contributed by atoms with Crippen LogP contribution in [-0.2, 0) is 4.79 Å². The van der Waals surface area contributed by atoms with Crippen molar-refractivity contribution < 1.29 is 4.79 Å². The average molecular weight is 141 g/mol. The molecule has 0 aromatic heterocycles. The van der Waals surface area contributed by atoms with E-state index in [2.05, 4.69) is 6.58 Å². The maximum absolute atomic E-state index is 10.8. The number of carbonyl (C=O) groups is 1. The first-order valence-corrected chi connectivity index (χ1v) is 3.61. The van der Waals surface area contributed by atoms with Crippen molar-refractivity contribution in [1.82, 2.24) is 4.90 Å².